The monoisotopic (exact) mass is 360 g/mol. The number of hydrogen-bond acceptors (Lipinski definition) is 3. The van der Waals surface area contributed by atoms with Crippen molar-refractivity contribution in [2.24, 2.45) is 16.3 Å². The number of carbonyl (C=O) groups is 1. The summed E-state index contributed by atoms with van der Waals surface area (Å²) in [6.45, 7) is 6.00. The first-order chi connectivity index (χ1) is 11.2. The Bertz CT molecular complexity index is 830. The van der Waals surface area contributed by atoms with E-state index in [1.807, 2.05) is 13.0 Å². The average Bonchev–Trinajstić information content (AvgIpc) is 2.47. The van der Waals surface area contributed by atoms with Crippen molar-refractivity contribution in [3.8, 4) is 6.07 Å². The van der Waals surface area contributed by atoms with Crippen LogP contribution < -0.4 is 0 Å². The maximum Gasteiger partial charge on any atom is 0.161 e. The van der Waals surface area contributed by atoms with Gasteiger partial charge < -0.3 is 0 Å². The number of halogens is 2. The highest BCUT2D eigenvalue weighted by Gasteiger charge is 2.43. The number of nitriles is 1. The summed E-state index contributed by atoms with van der Waals surface area (Å²) < 4.78 is 0. The first-order valence-corrected chi connectivity index (χ1v) is 8.65. The number of aliphatic imine (C=N–C) groups is 1. The molecule has 0 bridgehead atoms. The number of Topliss-reactive ketones (excluding diaryl/α,β-unsaturated/α-hetero) is 1. The van der Waals surface area contributed by atoms with Crippen molar-refractivity contribution in [1.29, 1.82) is 5.26 Å². The molecule has 2 unspecified atom stereocenters. The molecule has 1 aliphatic carbocycles. The topological polar surface area (TPSA) is 53.2 Å². The van der Waals surface area contributed by atoms with Crippen molar-refractivity contribution in [1.82, 2.24) is 0 Å². The molecule has 2 atom stereocenters. The zero-order valence-corrected chi connectivity index (χ0v) is 15.4. The molecule has 0 saturated carbocycles. The highest BCUT2D eigenvalue weighted by atomic mass is 35.5. The van der Waals surface area contributed by atoms with Crippen LogP contribution in [0.2, 0.25) is 10.0 Å². The smallest absolute Gasteiger partial charge is 0.161 e. The zero-order chi connectivity index (χ0) is 17.6. The fourth-order valence-corrected chi connectivity index (χ4v) is 3.98. The number of benzene rings is 1. The Morgan fingerprint density at radius 1 is 1.25 bits per heavy atom. The van der Waals surface area contributed by atoms with E-state index in [1.165, 1.54) is 0 Å². The Hall–Kier alpha value is -1.63. The van der Waals surface area contributed by atoms with Gasteiger partial charge in [0.05, 0.1) is 22.0 Å². The van der Waals surface area contributed by atoms with Crippen LogP contribution in [-0.4, -0.2) is 11.5 Å². The molecule has 1 heterocycles. The third-order valence-electron chi connectivity index (χ3n) is 4.74. The van der Waals surface area contributed by atoms with E-state index in [0.717, 1.165) is 23.4 Å². The molecule has 1 aromatic rings. The van der Waals surface area contributed by atoms with Gasteiger partial charge in [-0.2, -0.15) is 5.26 Å². The summed E-state index contributed by atoms with van der Waals surface area (Å²) in [5.41, 5.74) is 2.96. The SMILES string of the molecule is CC1=NC2=C(C(=O)CC(C)(C)C2)C(c2ccc(Cl)c(Cl)c2)C1C#N. The van der Waals surface area contributed by atoms with Crippen LogP contribution in [0.15, 0.2) is 34.5 Å². The largest absolute Gasteiger partial charge is 0.294 e. The predicted octanol–water partition coefficient (Wildman–Crippen LogP) is 5.33. The standard InChI is InChI=1S/C19H18Cl2N2O/c1-10-12(9-22)17(11-4-5-13(20)14(21)6-11)18-15(23-10)7-19(2,3)8-16(18)24/h4-6,12,17H,7-8H2,1-3H3. The second-order valence-electron chi connectivity index (χ2n) is 7.31. The summed E-state index contributed by atoms with van der Waals surface area (Å²) in [5, 5.41) is 10.6. The molecule has 0 saturated heterocycles. The molecule has 1 aromatic carbocycles. The third-order valence-corrected chi connectivity index (χ3v) is 5.48. The maximum absolute atomic E-state index is 12.9. The molecule has 3 rings (SSSR count). The summed E-state index contributed by atoms with van der Waals surface area (Å²) in [5.74, 6) is -0.721. The molecule has 0 spiro atoms. The highest BCUT2D eigenvalue weighted by Crippen LogP contribution is 2.47. The van der Waals surface area contributed by atoms with Gasteiger partial charge in [0, 0.05) is 29.3 Å². The van der Waals surface area contributed by atoms with Crippen LogP contribution in [0, 0.1) is 22.7 Å². The quantitative estimate of drug-likeness (QED) is 0.678. The number of allylic oxidation sites excluding steroid dienone is 2. The van der Waals surface area contributed by atoms with Crippen LogP contribution >= 0.6 is 23.2 Å². The average molecular weight is 361 g/mol. The van der Waals surface area contributed by atoms with Crippen molar-refractivity contribution >= 4 is 34.7 Å². The zero-order valence-electron chi connectivity index (χ0n) is 13.9. The Labute approximate surface area is 152 Å². The lowest BCUT2D eigenvalue weighted by Crippen LogP contribution is -2.35. The lowest BCUT2D eigenvalue weighted by atomic mass is 9.67. The van der Waals surface area contributed by atoms with Crippen molar-refractivity contribution in [2.45, 2.75) is 39.5 Å². The Morgan fingerprint density at radius 3 is 2.58 bits per heavy atom. The minimum Gasteiger partial charge on any atom is -0.294 e. The third kappa shape index (κ3) is 2.90. The molecule has 3 nitrogen and oxygen atoms in total. The first kappa shape index (κ1) is 17.2. The van der Waals surface area contributed by atoms with E-state index in [9.17, 15) is 10.1 Å². The summed E-state index contributed by atoms with van der Waals surface area (Å²) in [6, 6.07) is 7.64. The molecular formula is C19H18Cl2N2O. The van der Waals surface area contributed by atoms with Gasteiger partial charge in [0.25, 0.3) is 0 Å². The van der Waals surface area contributed by atoms with E-state index < -0.39 is 5.92 Å². The number of ketones is 1. The van der Waals surface area contributed by atoms with Crippen molar-refractivity contribution in [2.75, 3.05) is 0 Å². The molecule has 0 amide bonds. The van der Waals surface area contributed by atoms with Gasteiger partial charge in [0.1, 0.15) is 0 Å². The van der Waals surface area contributed by atoms with E-state index >= 15 is 0 Å². The van der Waals surface area contributed by atoms with Gasteiger partial charge in [0.15, 0.2) is 5.78 Å². The number of carbonyl (C=O) groups excluding carboxylic acids is 1. The fraction of sp³-hybridized carbons (Fsp3) is 0.421. The minimum absolute atomic E-state index is 0.0776. The van der Waals surface area contributed by atoms with Crippen LogP contribution in [0.25, 0.3) is 0 Å². The van der Waals surface area contributed by atoms with Gasteiger partial charge in [0.2, 0.25) is 0 Å². The van der Waals surface area contributed by atoms with Gasteiger partial charge in [-0.25, -0.2) is 0 Å². The number of rotatable bonds is 1. The summed E-state index contributed by atoms with van der Waals surface area (Å²) in [7, 11) is 0. The van der Waals surface area contributed by atoms with Crippen molar-refractivity contribution in [3.05, 3.63) is 45.1 Å². The van der Waals surface area contributed by atoms with E-state index in [4.69, 9.17) is 23.2 Å². The summed E-state index contributed by atoms with van der Waals surface area (Å²) in [4.78, 5) is 17.5. The highest BCUT2D eigenvalue weighted by molar-refractivity contribution is 6.42. The lowest BCUT2D eigenvalue weighted by Gasteiger charge is -2.38. The second kappa shape index (κ2) is 6.02. The van der Waals surface area contributed by atoms with Gasteiger partial charge in [-0.1, -0.05) is 43.1 Å². The molecule has 2 aliphatic rings. The molecule has 0 fully saturated rings. The summed E-state index contributed by atoms with van der Waals surface area (Å²) in [6.07, 6.45) is 1.21. The molecular weight excluding hydrogens is 343 g/mol. The molecule has 0 radical (unpaired) electrons. The van der Waals surface area contributed by atoms with E-state index in [-0.39, 0.29) is 17.1 Å². The van der Waals surface area contributed by atoms with Crippen LogP contribution in [0.5, 0.6) is 0 Å². The van der Waals surface area contributed by atoms with Gasteiger partial charge in [-0.05, 0) is 36.5 Å². The van der Waals surface area contributed by atoms with E-state index in [1.54, 1.807) is 12.1 Å². The van der Waals surface area contributed by atoms with Crippen molar-refractivity contribution in [3.63, 3.8) is 0 Å². The normalized spacial score (nSPS) is 25.8. The van der Waals surface area contributed by atoms with Crippen LogP contribution in [-0.2, 0) is 4.79 Å². The van der Waals surface area contributed by atoms with E-state index in [0.29, 0.717) is 22.0 Å². The molecule has 124 valence electrons. The van der Waals surface area contributed by atoms with Gasteiger partial charge in [-0.3, -0.25) is 9.79 Å². The minimum atomic E-state index is -0.467. The number of hydrogen-bond donors (Lipinski definition) is 0. The van der Waals surface area contributed by atoms with Gasteiger partial charge in [-0.15, -0.1) is 0 Å². The molecule has 0 aromatic heterocycles. The Balaban J connectivity index is 2.19. The van der Waals surface area contributed by atoms with E-state index in [2.05, 4.69) is 24.9 Å². The Kier molecular flexibility index (Phi) is 4.32. The maximum atomic E-state index is 12.9. The molecule has 1 aliphatic heterocycles. The lowest BCUT2D eigenvalue weighted by molar-refractivity contribution is -0.118. The molecule has 24 heavy (non-hydrogen) atoms. The summed E-state index contributed by atoms with van der Waals surface area (Å²) >= 11 is 12.2. The molecule has 5 heteroatoms. The Morgan fingerprint density at radius 2 is 1.96 bits per heavy atom. The predicted molar refractivity (Wildman–Crippen MR) is 96.5 cm³/mol. The molecule has 0 N–H and O–H groups in total. The van der Waals surface area contributed by atoms with Crippen LogP contribution in [0.4, 0.5) is 0 Å². The van der Waals surface area contributed by atoms with Crippen molar-refractivity contribution < 1.29 is 4.79 Å². The van der Waals surface area contributed by atoms with Gasteiger partial charge >= 0.3 is 0 Å². The second-order valence-corrected chi connectivity index (χ2v) is 8.13. The van der Waals surface area contributed by atoms with Crippen LogP contribution in [0.1, 0.15) is 45.1 Å². The fourth-order valence-electron chi connectivity index (χ4n) is 3.68. The number of nitrogens with zero attached hydrogens (tertiary/aromatic N) is 2. The first-order valence-electron chi connectivity index (χ1n) is 7.89. The van der Waals surface area contributed by atoms with Crippen LogP contribution in [0.3, 0.4) is 0 Å².